The van der Waals surface area contributed by atoms with Crippen LogP contribution in [0.1, 0.15) is 59.3 Å². The molecule has 0 aromatic heterocycles. The third-order valence-electron chi connectivity index (χ3n) is 7.25. The van der Waals surface area contributed by atoms with Crippen LogP contribution in [0.5, 0.6) is 0 Å². The molecule has 0 heterocycles. The maximum absolute atomic E-state index is 6.40. The molecule has 2 fully saturated rings. The molecule has 0 saturated heterocycles. The molecule has 3 rings (SSSR count). The number of hydrogen-bond acceptors (Lipinski definition) is 2. The SMILES string of the molecule is C[C@@H](CO[C@@H]1C=C[C@@](C)(O[Si](C)(C)C)C1)[C@H]1CCC2/C(=C/I)CCC[C@@]21C. The summed E-state index contributed by atoms with van der Waals surface area (Å²) < 4.78 is 15.2. The lowest BCUT2D eigenvalue weighted by Crippen LogP contribution is -2.39. The van der Waals surface area contributed by atoms with Crippen molar-refractivity contribution < 1.29 is 9.16 Å². The van der Waals surface area contributed by atoms with Gasteiger partial charge in [-0.1, -0.05) is 54.2 Å². The predicted octanol–water partition coefficient (Wildman–Crippen LogP) is 7.11. The van der Waals surface area contributed by atoms with Gasteiger partial charge in [0.15, 0.2) is 8.32 Å². The van der Waals surface area contributed by atoms with Crippen molar-refractivity contribution in [3.05, 3.63) is 21.8 Å². The van der Waals surface area contributed by atoms with Crippen LogP contribution in [0.15, 0.2) is 21.8 Å². The Balaban J connectivity index is 1.55. The van der Waals surface area contributed by atoms with Crippen molar-refractivity contribution in [1.29, 1.82) is 0 Å². The summed E-state index contributed by atoms with van der Waals surface area (Å²) in [6.45, 7) is 14.9. The first-order valence-electron chi connectivity index (χ1n) is 10.9. The van der Waals surface area contributed by atoms with E-state index in [-0.39, 0.29) is 11.7 Å². The molecule has 1 unspecified atom stereocenters. The molecule has 0 aromatic carbocycles. The number of rotatable bonds is 6. The Morgan fingerprint density at radius 1 is 1.30 bits per heavy atom. The van der Waals surface area contributed by atoms with Crippen LogP contribution in [0.2, 0.25) is 19.6 Å². The van der Waals surface area contributed by atoms with Gasteiger partial charge in [0.25, 0.3) is 0 Å². The molecule has 0 amide bonds. The van der Waals surface area contributed by atoms with Gasteiger partial charge in [-0.05, 0) is 85.9 Å². The summed E-state index contributed by atoms with van der Waals surface area (Å²) in [5.74, 6) is 2.24. The zero-order chi connectivity index (χ0) is 19.9. The fourth-order valence-corrected chi connectivity index (χ4v) is 8.57. The first-order valence-corrected chi connectivity index (χ1v) is 15.5. The average Bonchev–Trinajstić information content (AvgIpc) is 3.10. The van der Waals surface area contributed by atoms with Crippen molar-refractivity contribution in [2.45, 2.75) is 90.6 Å². The first-order chi connectivity index (χ1) is 12.6. The number of ether oxygens (including phenoxy) is 1. The van der Waals surface area contributed by atoms with E-state index in [4.69, 9.17) is 9.16 Å². The van der Waals surface area contributed by atoms with E-state index in [0.29, 0.717) is 11.3 Å². The minimum absolute atomic E-state index is 0.133. The molecule has 0 aliphatic heterocycles. The number of hydrogen-bond donors (Lipinski definition) is 0. The highest BCUT2D eigenvalue weighted by Crippen LogP contribution is 2.59. The second kappa shape index (κ2) is 8.23. The number of halogens is 1. The molecule has 0 radical (unpaired) electrons. The number of allylic oxidation sites excluding steroid dienone is 1. The van der Waals surface area contributed by atoms with Crippen molar-refractivity contribution in [1.82, 2.24) is 0 Å². The highest BCUT2D eigenvalue weighted by Gasteiger charge is 2.50. The van der Waals surface area contributed by atoms with E-state index in [1.165, 1.54) is 32.1 Å². The summed E-state index contributed by atoms with van der Waals surface area (Å²) in [6, 6.07) is 0. The summed E-state index contributed by atoms with van der Waals surface area (Å²) in [7, 11) is -1.54. The van der Waals surface area contributed by atoms with Gasteiger partial charge in [-0.3, -0.25) is 0 Å². The summed E-state index contributed by atoms with van der Waals surface area (Å²) in [5, 5.41) is 0. The van der Waals surface area contributed by atoms with Gasteiger partial charge >= 0.3 is 0 Å². The Morgan fingerprint density at radius 3 is 2.70 bits per heavy atom. The fourth-order valence-electron chi connectivity index (χ4n) is 6.27. The molecule has 3 aliphatic carbocycles. The molecule has 154 valence electrons. The Labute approximate surface area is 181 Å². The molecule has 3 aliphatic rings. The summed E-state index contributed by atoms with van der Waals surface area (Å²) in [5.41, 5.74) is 2.07. The highest BCUT2D eigenvalue weighted by atomic mass is 127. The van der Waals surface area contributed by atoms with Gasteiger partial charge < -0.3 is 9.16 Å². The Bertz CT molecular complexity index is 596. The second-order valence-electron chi connectivity index (χ2n) is 10.7. The summed E-state index contributed by atoms with van der Waals surface area (Å²) in [6.07, 6.45) is 12.5. The molecular formula is C23H39IO2Si. The molecule has 4 heteroatoms. The van der Waals surface area contributed by atoms with Gasteiger partial charge in [0.2, 0.25) is 0 Å². The standard InChI is InChI=1S/C23H39IO2Si/c1-17(16-25-19-11-13-22(2,14-19)26-27(4,5)6)20-9-10-21-18(15-24)8-7-12-23(20,21)3/h11,13,15,17,19-21H,7-10,12,14,16H2,1-6H3/b18-15+/t17-,19+,20+,21?,22+,23+/m0/s1. The first kappa shape index (κ1) is 22.0. The normalized spacial score (nSPS) is 41.9. The van der Waals surface area contributed by atoms with Crippen LogP contribution in [0.25, 0.3) is 0 Å². The predicted molar refractivity (Wildman–Crippen MR) is 126 cm³/mol. The average molecular weight is 503 g/mol. The van der Waals surface area contributed by atoms with Crippen LogP contribution < -0.4 is 0 Å². The Kier molecular flexibility index (Phi) is 6.72. The second-order valence-corrected chi connectivity index (χ2v) is 15.8. The molecule has 2 saturated carbocycles. The minimum Gasteiger partial charge on any atom is -0.409 e. The van der Waals surface area contributed by atoms with E-state index in [1.54, 1.807) is 5.57 Å². The molecule has 2 nitrogen and oxygen atoms in total. The summed E-state index contributed by atoms with van der Waals surface area (Å²) in [4.78, 5) is 0. The topological polar surface area (TPSA) is 18.5 Å². The van der Waals surface area contributed by atoms with E-state index in [2.05, 4.69) is 79.2 Å². The lowest BCUT2D eigenvalue weighted by molar-refractivity contribution is -0.00461. The van der Waals surface area contributed by atoms with Gasteiger partial charge in [-0.2, -0.15) is 0 Å². The van der Waals surface area contributed by atoms with Gasteiger partial charge in [0.1, 0.15) is 0 Å². The molecule has 0 spiro atoms. The molecule has 0 bridgehead atoms. The Hall–Kier alpha value is 0.347. The van der Waals surface area contributed by atoms with Gasteiger partial charge in [0, 0.05) is 6.42 Å². The molecular weight excluding hydrogens is 463 g/mol. The van der Waals surface area contributed by atoms with Crippen molar-refractivity contribution in [3.8, 4) is 0 Å². The van der Waals surface area contributed by atoms with Gasteiger partial charge in [-0.25, -0.2) is 0 Å². The van der Waals surface area contributed by atoms with Crippen molar-refractivity contribution in [2.75, 3.05) is 6.61 Å². The van der Waals surface area contributed by atoms with Crippen LogP contribution >= 0.6 is 22.6 Å². The Morgan fingerprint density at radius 2 is 2.04 bits per heavy atom. The van der Waals surface area contributed by atoms with E-state index in [9.17, 15) is 0 Å². The monoisotopic (exact) mass is 502 g/mol. The molecule has 0 N–H and O–H groups in total. The number of fused-ring (bicyclic) bond motifs is 1. The van der Waals surface area contributed by atoms with Gasteiger partial charge in [-0.15, -0.1) is 0 Å². The quantitative estimate of drug-likeness (QED) is 0.219. The lowest BCUT2D eigenvalue weighted by Gasteiger charge is -2.44. The van der Waals surface area contributed by atoms with Crippen molar-refractivity contribution in [2.24, 2.45) is 23.2 Å². The zero-order valence-corrected chi connectivity index (χ0v) is 21.3. The maximum Gasteiger partial charge on any atom is 0.184 e. The fraction of sp³-hybridized carbons (Fsp3) is 0.826. The smallest absolute Gasteiger partial charge is 0.184 e. The highest BCUT2D eigenvalue weighted by molar-refractivity contribution is 14.1. The van der Waals surface area contributed by atoms with E-state index in [0.717, 1.165) is 24.9 Å². The summed E-state index contributed by atoms with van der Waals surface area (Å²) >= 11 is 2.47. The maximum atomic E-state index is 6.40. The van der Waals surface area contributed by atoms with Gasteiger partial charge in [0.05, 0.1) is 18.3 Å². The van der Waals surface area contributed by atoms with E-state index in [1.807, 2.05) is 0 Å². The van der Waals surface area contributed by atoms with Crippen LogP contribution in [0.3, 0.4) is 0 Å². The zero-order valence-electron chi connectivity index (χ0n) is 18.2. The third-order valence-corrected chi connectivity index (χ3v) is 9.13. The van der Waals surface area contributed by atoms with Crippen molar-refractivity contribution in [3.63, 3.8) is 0 Å². The van der Waals surface area contributed by atoms with Crippen LogP contribution in [-0.2, 0) is 9.16 Å². The van der Waals surface area contributed by atoms with Crippen molar-refractivity contribution >= 4 is 30.9 Å². The third kappa shape index (κ3) is 4.92. The van der Waals surface area contributed by atoms with Crippen LogP contribution in [0.4, 0.5) is 0 Å². The lowest BCUT2D eigenvalue weighted by atomic mass is 9.61. The van der Waals surface area contributed by atoms with Crippen LogP contribution in [0, 0.1) is 23.2 Å². The molecule has 6 atom stereocenters. The van der Waals surface area contributed by atoms with E-state index < -0.39 is 8.32 Å². The molecule has 27 heavy (non-hydrogen) atoms. The van der Waals surface area contributed by atoms with Crippen LogP contribution in [-0.4, -0.2) is 26.6 Å². The molecule has 0 aromatic rings. The van der Waals surface area contributed by atoms with E-state index >= 15 is 0 Å². The minimum atomic E-state index is -1.54. The largest absolute Gasteiger partial charge is 0.409 e.